The molecule has 2 atom stereocenters. The average Bonchev–Trinajstić information content (AvgIpc) is 2.53. The SMILES string of the molecule is COC(=O)c1cncc(NC(=O)N2CC(C)CC(C(=O)O)C2)c1. The number of carboxylic acids is 1. The Morgan fingerprint density at radius 1 is 1.35 bits per heavy atom. The van der Waals surface area contributed by atoms with Crippen molar-refractivity contribution in [3.05, 3.63) is 24.0 Å². The second-order valence-corrected chi connectivity index (χ2v) is 5.67. The van der Waals surface area contributed by atoms with Crippen LogP contribution < -0.4 is 5.32 Å². The quantitative estimate of drug-likeness (QED) is 0.815. The zero-order chi connectivity index (χ0) is 17.0. The third kappa shape index (κ3) is 4.18. The lowest BCUT2D eigenvalue weighted by Gasteiger charge is -2.34. The van der Waals surface area contributed by atoms with E-state index in [1.54, 1.807) is 0 Å². The first-order valence-corrected chi connectivity index (χ1v) is 7.22. The second kappa shape index (κ2) is 7.08. The number of esters is 1. The molecule has 1 fully saturated rings. The smallest absolute Gasteiger partial charge is 0.339 e. The Morgan fingerprint density at radius 3 is 2.74 bits per heavy atom. The van der Waals surface area contributed by atoms with Gasteiger partial charge in [-0.25, -0.2) is 9.59 Å². The summed E-state index contributed by atoms with van der Waals surface area (Å²) in [5.74, 6) is -1.91. The zero-order valence-corrected chi connectivity index (χ0v) is 13.0. The van der Waals surface area contributed by atoms with Crippen LogP contribution in [0, 0.1) is 11.8 Å². The van der Waals surface area contributed by atoms with Gasteiger partial charge in [0.05, 0.1) is 30.5 Å². The van der Waals surface area contributed by atoms with Crippen molar-refractivity contribution in [3.8, 4) is 0 Å². The van der Waals surface area contributed by atoms with Gasteiger partial charge in [-0.3, -0.25) is 9.78 Å². The molecule has 2 unspecified atom stereocenters. The molecule has 0 radical (unpaired) electrons. The molecule has 8 heteroatoms. The fourth-order valence-corrected chi connectivity index (χ4v) is 2.64. The largest absolute Gasteiger partial charge is 0.481 e. The summed E-state index contributed by atoms with van der Waals surface area (Å²) in [4.78, 5) is 40.3. The Morgan fingerprint density at radius 2 is 2.09 bits per heavy atom. The van der Waals surface area contributed by atoms with Crippen LogP contribution in [0.4, 0.5) is 10.5 Å². The number of aromatic nitrogens is 1. The normalized spacial score (nSPS) is 20.7. The number of hydrogen-bond donors (Lipinski definition) is 2. The van der Waals surface area contributed by atoms with Crippen LogP contribution in [0.25, 0.3) is 0 Å². The zero-order valence-electron chi connectivity index (χ0n) is 13.0. The number of nitrogens with zero attached hydrogens (tertiary/aromatic N) is 2. The summed E-state index contributed by atoms with van der Waals surface area (Å²) >= 11 is 0. The minimum absolute atomic E-state index is 0.107. The molecule has 1 aromatic rings. The number of amides is 2. The molecule has 23 heavy (non-hydrogen) atoms. The van der Waals surface area contributed by atoms with Crippen LogP contribution >= 0.6 is 0 Å². The van der Waals surface area contributed by atoms with E-state index in [1.165, 1.54) is 30.5 Å². The Labute approximate surface area is 133 Å². The Hall–Kier alpha value is -2.64. The van der Waals surface area contributed by atoms with E-state index in [-0.39, 0.29) is 18.0 Å². The predicted octanol–water partition coefficient (Wildman–Crippen LogP) is 1.44. The minimum Gasteiger partial charge on any atom is -0.481 e. The standard InChI is InChI=1S/C15H19N3O5/c1-9-3-11(13(19)20)8-18(7-9)15(22)17-12-4-10(5-16-6-12)14(21)23-2/h4-6,9,11H,3,7-8H2,1-2H3,(H,17,22)(H,19,20). The number of nitrogens with one attached hydrogen (secondary N) is 1. The van der Waals surface area contributed by atoms with Gasteiger partial charge in [-0.1, -0.05) is 6.92 Å². The summed E-state index contributed by atoms with van der Waals surface area (Å²) in [5, 5.41) is 11.8. The van der Waals surface area contributed by atoms with Crippen LogP contribution in [-0.4, -0.2) is 53.2 Å². The van der Waals surface area contributed by atoms with Crippen LogP contribution in [0.2, 0.25) is 0 Å². The van der Waals surface area contributed by atoms with E-state index >= 15 is 0 Å². The van der Waals surface area contributed by atoms with Crippen molar-refractivity contribution in [1.29, 1.82) is 0 Å². The molecule has 1 saturated heterocycles. The van der Waals surface area contributed by atoms with Gasteiger partial charge in [-0.15, -0.1) is 0 Å². The fourth-order valence-electron chi connectivity index (χ4n) is 2.64. The topological polar surface area (TPSA) is 109 Å². The highest BCUT2D eigenvalue weighted by molar-refractivity contribution is 5.93. The summed E-state index contributed by atoms with van der Waals surface area (Å²) in [6.07, 6.45) is 3.30. The molecule has 0 bridgehead atoms. The molecule has 124 valence electrons. The summed E-state index contributed by atoms with van der Waals surface area (Å²) < 4.78 is 4.60. The molecule has 0 aromatic carbocycles. The maximum Gasteiger partial charge on any atom is 0.339 e. The highest BCUT2D eigenvalue weighted by Crippen LogP contribution is 2.22. The summed E-state index contributed by atoms with van der Waals surface area (Å²) in [6, 6.07) is 1.05. The van der Waals surface area contributed by atoms with E-state index in [2.05, 4.69) is 15.0 Å². The Balaban J connectivity index is 2.06. The number of likely N-dealkylation sites (tertiary alicyclic amines) is 1. The van der Waals surface area contributed by atoms with Crippen molar-refractivity contribution in [3.63, 3.8) is 0 Å². The number of hydrogen-bond acceptors (Lipinski definition) is 5. The molecule has 0 saturated carbocycles. The monoisotopic (exact) mass is 321 g/mol. The number of carbonyl (C=O) groups is 3. The highest BCUT2D eigenvalue weighted by atomic mass is 16.5. The number of anilines is 1. The molecule has 8 nitrogen and oxygen atoms in total. The first-order valence-electron chi connectivity index (χ1n) is 7.22. The van der Waals surface area contributed by atoms with Gasteiger partial charge in [0.15, 0.2) is 0 Å². The molecule has 0 spiro atoms. The van der Waals surface area contributed by atoms with Crippen molar-refractivity contribution in [2.75, 3.05) is 25.5 Å². The van der Waals surface area contributed by atoms with Gasteiger partial charge in [0.2, 0.25) is 0 Å². The number of rotatable bonds is 3. The van der Waals surface area contributed by atoms with E-state index in [4.69, 9.17) is 5.11 Å². The third-order valence-corrected chi connectivity index (χ3v) is 3.71. The van der Waals surface area contributed by atoms with Crippen molar-refractivity contribution >= 4 is 23.7 Å². The maximum absolute atomic E-state index is 12.3. The van der Waals surface area contributed by atoms with Gasteiger partial charge < -0.3 is 20.1 Å². The molecule has 1 aliphatic heterocycles. The van der Waals surface area contributed by atoms with Crippen LogP contribution in [0.15, 0.2) is 18.5 Å². The van der Waals surface area contributed by atoms with Gasteiger partial charge >= 0.3 is 18.0 Å². The Bertz CT molecular complexity index is 619. The van der Waals surface area contributed by atoms with Crippen molar-refractivity contribution in [2.45, 2.75) is 13.3 Å². The lowest BCUT2D eigenvalue weighted by atomic mass is 9.91. The van der Waals surface area contributed by atoms with E-state index in [1.807, 2.05) is 6.92 Å². The van der Waals surface area contributed by atoms with Gasteiger partial charge in [0.25, 0.3) is 0 Å². The summed E-state index contributed by atoms with van der Waals surface area (Å²) in [7, 11) is 1.26. The van der Waals surface area contributed by atoms with Gasteiger partial charge in [0, 0.05) is 19.3 Å². The van der Waals surface area contributed by atoms with Crippen LogP contribution in [0.1, 0.15) is 23.7 Å². The molecule has 2 rings (SSSR count). The molecule has 0 aliphatic carbocycles. The fraction of sp³-hybridized carbons (Fsp3) is 0.467. The number of ether oxygens (including phenoxy) is 1. The summed E-state index contributed by atoms with van der Waals surface area (Å²) in [5.41, 5.74) is 0.573. The van der Waals surface area contributed by atoms with Crippen molar-refractivity contribution in [2.24, 2.45) is 11.8 Å². The predicted molar refractivity (Wildman–Crippen MR) is 81.1 cm³/mol. The molecular weight excluding hydrogens is 302 g/mol. The molecule has 1 aliphatic rings. The number of methoxy groups -OCH3 is 1. The van der Waals surface area contributed by atoms with Crippen LogP contribution in [0.5, 0.6) is 0 Å². The van der Waals surface area contributed by atoms with Crippen molar-refractivity contribution < 1.29 is 24.2 Å². The van der Waals surface area contributed by atoms with E-state index in [9.17, 15) is 14.4 Å². The number of urea groups is 1. The highest BCUT2D eigenvalue weighted by Gasteiger charge is 2.31. The van der Waals surface area contributed by atoms with Gasteiger partial charge in [0.1, 0.15) is 0 Å². The number of piperidine rings is 1. The number of carbonyl (C=O) groups excluding carboxylic acids is 2. The van der Waals surface area contributed by atoms with E-state index in [0.29, 0.717) is 18.7 Å². The molecule has 2 heterocycles. The first-order chi connectivity index (χ1) is 10.9. The van der Waals surface area contributed by atoms with E-state index < -0.39 is 23.9 Å². The number of carboxylic acid groups (broad SMARTS) is 1. The second-order valence-electron chi connectivity index (χ2n) is 5.67. The molecular formula is C15H19N3O5. The molecule has 2 N–H and O–H groups in total. The Kier molecular flexibility index (Phi) is 5.15. The van der Waals surface area contributed by atoms with Gasteiger partial charge in [-0.05, 0) is 18.4 Å². The van der Waals surface area contributed by atoms with Crippen LogP contribution in [-0.2, 0) is 9.53 Å². The van der Waals surface area contributed by atoms with E-state index in [0.717, 1.165) is 0 Å². The molecule has 1 aromatic heterocycles. The third-order valence-electron chi connectivity index (χ3n) is 3.71. The average molecular weight is 321 g/mol. The lowest BCUT2D eigenvalue weighted by Crippen LogP contribution is -2.47. The summed E-state index contributed by atoms with van der Waals surface area (Å²) in [6.45, 7) is 2.56. The lowest BCUT2D eigenvalue weighted by molar-refractivity contribution is -0.143. The number of pyridine rings is 1. The van der Waals surface area contributed by atoms with Gasteiger partial charge in [-0.2, -0.15) is 0 Å². The number of aliphatic carboxylic acids is 1. The molecule has 2 amide bonds. The van der Waals surface area contributed by atoms with Crippen LogP contribution in [0.3, 0.4) is 0 Å². The maximum atomic E-state index is 12.3. The van der Waals surface area contributed by atoms with Crippen molar-refractivity contribution in [1.82, 2.24) is 9.88 Å². The first kappa shape index (κ1) is 16.7. The minimum atomic E-state index is -0.899.